The molecule has 0 aliphatic carbocycles. The molecular formula is C16H12BrNO3S. The van der Waals surface area contributed by atoms with Crippen LogP contribution in [0.4, 0.5) is 0 Å². The molecule has 4 nitrogen and oxygen atoms in total. The topological polar surface area (TPSA) is 56.3 Å². The summed E-state index contributed by atoms with van der Waals surface area (Å²) in [5.74, 6) is 0.223. The van der Waals surface area contributed by atoms with Crippen LogP contribution in [0.3, 0.4) is 0 Å². The van der Waals surface area contributed by atoms with Crippen LogP contribution in [-0.4, -0.2) is 13.4 Å². The van der Waals surface area contributed by atoms with Crippen LogP contribution in [0.15, 0.2) is 64.0 Å². The molecule has 0 fully saturated rings. The summed E-state index contributed by atoms with van der Waals surface area (Å²) in [7, 11) is -3.91. The number of hydrogen-bond donors (Lipinski definition) is 0. The van der Waals surface area contributed by atoms with E-state index in [1.54, 1.807) is 24.3 Å². The molecule has 0 unspecified atom stereocenters. The number of nitrogens with zero attached hydrogens (tertiary/aromatic N) is 1. The number of aromatic nitrogens is 1. The number of halogens is 1. The highest BCUT2D eigenvalue weighted by atomic mass is 79.9. The van der Waals surface area contributed by atoms with Crippen molar-refractivity contribution in [1.82, 2.24) is 4.98 Å². The van der Waals surface area contributed by atoms with Gasteiger partial charge in [0.2, 0.25) is 0 Å². The molecule has 0 aliphatic rings. The lowest BCUT2D eigenvalue weighted by Crippen LogP contribution is -2.10. The van der Waals surface area contributed by atoms with Gasteiger partial charge in [0.25, 0.3) is 0 Å². The largest absolute Gasteiger partial charge is 0.377 e. The van der Waals surface area contributed by atoms with Crippen molar-refractivity contribution in [2.75, 3.05) is 0 Å². The smallest absolute Gasteiger partial charge is 0.339 e. The SMILES string of the molecule is Cc1ccc2cccc(OS(=O)(=O)c3cccc(Br)c3)c2n1. The third kappa shape index (κ3) is 2.98. The number of aryl methyl sites for hydroxylation is 1. The average molecular weight is 378 g/mol. The molecule has 1 heterocycles. The van der Waals surface area contributed by atoms with Gasteiger partial charge in [-0.3, -0.25) is 0 Å². The van der Waals surface area contributed by atoms with E-state index < -0.39 is 10.1 Å². The number of pyridine rings is 1. The Morgan fingerprint density at radius 2 is 1.82 bits per heavy atom. The Morgan fingerprint density at radius 1 is 1.05 bits per heavy atom. The van der Waals surface area contributed by atoms with Crippen molar-refractivity contribution in [2.45, 2.75) is 11.8 Å². The fourth-order valence-electron chi connectivity index (χ4n) is 2.07. The summed E-state index contributed by atoms with van der Waals surface area (Å²) in [6.45, 7) is 1.85. The first kappa shape index (κ1) is 15.0. The second kappa shape index (κ2) is 5.70. The number of para-hydroxylation sites is 1. The first-order chi connectivity index (χ1) is 10.5. The minimum Gasteiger partial charge on any atom is -0.377 e. The van der Waals surface area contributed by atoms with E-state index in [9.17, 15) is 8.42 Å². The van der Waals surface area contributed by atoms with Crippen LogP contribution in [0, 0.1) is 6.92 Å². The van der Waals surface area contributed by atoms with E-state index in [1.165, 1.54) is 12.1 Å². The van der Waals surface area contributed by atoms with Crippen LogP contribution in [-0.2, 0) is 10.1 Å². The van der Waals surface area contributed by atoms with Gasteiger partial charge in [-0.1, -0.05) is 40.2 Å². The van der Waals surface area contributed by atoms with Crippen molar-refractivity contribution in [3.63, 3.8) is 0 Å². The fourth-order valence-corrected chi connectivity index (χ4v) is 3.61. The van der Waals surface area contributed by atoms with Gasteiger partial charge < -0.3 is 4.18 Å². The summed E-state index contributed by atoms with van der Waals surface area (Å²) in [6, 6.07) is 15.3. The number of benzene rings is 2. The molecule has 0 saturated carbocycles. The quantitative estimate of drug-likeness (QED) is 0.645. The maximum Gasteiger partial charge on any atom is 0.339 e. The first-order valence-electron chi connectivity index (χ1n) is 6.52. The van der Waals surface area contributed by atoms with Crippen molar-refractivity contribution in [2.24, 2.45) is 0 Å². The van der Waals surface area contributed by atoms with Crippen molar-refractivity contribution in [1.29, 1.82) is 0 Å². The molecule has 0 atom stereocenters. The molecule has 0 bridgehead atoms. The van der Waals surface area contributed by atoms with Crippen LogP contribution in [0.2, 0.25) is 0 Å². The van der Waals surface area contributed by atoms with Gasteiger partial charge in [0, 0.05) is 15.6 Å². The van der Waals surface area contributed by atoms with Gasteiger partial charge >= 0.3 is 10.1 Å². The molecule has 2 aromatic carbocycles. The zero-order valence-electron chi connectivity index (χ0n) is 11.7. The zero-order valence-corrected chi connectivity index (χ0v) is 14.1. The second-order valence-corrected chi connectivity index (χ2v) is 7.24. The summed E-state index contributed by atoms with van der Waals surface area (Å²) in [4.78, 5) is 4.46. The van der Waals surface area contributed by atoms with Crippen molar-refractivity contribution < 1.29 is 12.6 Å². The molecule has 3 aromatic rings. The predicted molar refractivity (Wildman–Crippen MR) is 88.4 cm³/mol. The lowest BCUT2D eigenvalue weighted by molar-refractivity contribution is 0.488. The van der Waals surface area contributed by atoms with Gasteiger partial charge in [-0.25, -0.2) is 4.98 Å². The van der Waals surface area contributed by atoms with Gasteiger partial charge in [-0.2, -0.15) is 8.42 Å². The number of rotatable bonds is 3. The minimum atomic E-state index is -3.91. The summed E-state index contributed by atoms with van der Waals surface area (Å²) < 4.78 is 30.8. The normalized spacial score (nSPS) is 11.5. The summed E-state index contributed by atoms with van der Waals surface area (Å²) >= 11 is 3.26. The van der Waals surface area contributed by atoms with E-state index in [0.717, 1.165) is 11.1 Å². The van der Waals surface area contributed by atoms with E-state index in [0.29, 0.717) is 9.99 Å². The Labute approximate surface area is 137 Å². The van der Waals surface area contributed by atoms with Gasteiger partial charge in [0.1, 0.15) is 10.4 Å². The Kier molecular flexibility index (Phi) is 3.88. The summed E-state index contributed by atoms with van der Waals surface area (Å²) in [5, 5.41) is 0.826. The molecule has 0 spiro atoms. The second-order valence-electron chi connectivity index (χ2n) is 4.78. The van der Waals surface area contributed by atoms with E-state index >= 15 is 0 Å². The van der Waals surface area contributed by atoms with Gasteiger partial charge in [0.15, 0.2) is 5.75 Å². The molecular weight excluding hydrogens is 366 g/mol. The van der Waals surface area contributed by atoms with Crippen LogP contribution >= 0.6 is 15.9 Å². The van der Waals surface area contributed by atoms with Crippen molar-refractivity contribution in [3.8, 4) is 5.75 Å². The molecule has 0 saturated heterocycles. The van der Waals surface area contributed by atoms with Gasteiger partial charge in [-0.15, -0.1) is 0 Å². The summed E-state index contributed by atoms with van der Waals surface area (Å²) in [5.41, 5.74) is 1.32. The highest BCUT2D eigenvalue weighted by Gasteiger charge is 2.18. The van der Waals surface area contributed by atoms with Crippen molar-refractivity contribution in [3.05, 3.63) is 64.8 Å². The summed E-state index contributed by atoms with van der Waals surface area (Å²) in [6.07, 6.45) is 0. The van der Waals surface area contributed by atoms with E-state index in [2.05, 4.69) is 20.9 Å². The maximum atomic E-state index is 12.4. The molecule has 3 rings (SSSR count). The van der Waals surface area contributed by atoms with Crippen LogP contribution in [0.5, 0.6) is 5.75 Å². The Balaban J connectivity index is 2.08. The number of fused-ring (bicyclic) bond motifs is 1. The predicted octanol–water partition coefficient (Wildman–Crippen LogP) is 4.07. The first-order valence-corrected chi connectivity index (χ1v) is 8.72. The van der Waals surface area contributed by atoms with Crippen LogP contribution in [0.1, 0.15) is 5.69 Å². The van der Waals surface area contributed by atoms with Crippen LogP contribution < -0.4 is 4.18 Å². The molecule has 1 aromatic heterocycles. The third-order valence-electron chi connectivity index (χ3n) is 3.11. The number of hydrogen-bond acceptors (Lipinski definition) is 4. The fraction of sp³-hybridized carbons (Fsp3) is 0.0625. The molecule has 22 heavy (non-hydrogen) atoms. The highest BCUT2D eigenvalue weighted by molar-refractivity contribution is 9.10. The molecule has 0 radical (unpaired) electrons. The monoisotopic (exact) mass is 377 g/mol. The standard InChI is InChI=1S/C16H12BrNO3S/c1-11-8-9-12-4-2-7-15(16(12)18-11)21-22(19,20)14-6-3-5-13(17)10-14/h2-10H,1H3. The van der Waals surface area contributed by atoms with E-state index in [4.69, 9.17) is 4.18 Å². The average Bonchev–Trinajstić information content (AvgIpc) is 2.48. The van der Waals surface area contributed by atoms with Crippen LogP contribution in [0.25, 0.3) is 10.9 Å². The third-order valence-corrected chi connectivity index (χ3v) is 4.83. The highest BCUT2D eigenvalue weighted by Crippen LogP contribution is 2.27. The van der Waals surface area contributed by atoms with E-state index in [-0.39, 0.29) is 10.6 Å². The van der Waals surface area contributed by atoms with E-state index in [1.807, 2.05) is 25.1 Å². The lowest BCUT2D eigenvalue weighted by atomic mass is 10.2. The van der Waals surface area contributed by atoms with Crippen molar-refractivity contribution >= 4 is 37.0 Å². The molecule has 0 N–H and O–H groups in total. The van der Waals surface area contributed by atoms with Gasteiger partial charge in [0.05, 0.1) is 0 Å². The lowest BCUT2D eigenvalue weighted by Gasteiger charge is -2.09. The zero-order chi connectivity index (χ0) is 15.7. The molecule has 112 valence electrons. The molecule has 0 aliphatic heterocycles. The van der Waals surface area contributed by atoms with Gasteiger partial charge in [-0.05, 0) is 37.3 Å². The Bertz CT molecular complexity index is 955. The Morgan fingerprint density at radius 3 is 2.59 bits per heavy atom. The minimum absolute atomic E-state index is 0.0894. The Hall–Kier alpha value is -1.92. The maximum absolute atomic E-state index is 12.4. The molecule has 0 amide bonds. The molecule has 6 heteroatoms.